The quantitative estimate of drug-likeness (QED) is 0.692. The van der Waals surface area contributed by atoms with Gasteiger partial charge in [0.25, 0.3) is 10.0 Å². The van der Waals surface area contributed by atoms with Gasteiger partial charge in [-0.2, -0.15) is 0 Å². The summed E-state index contributed by atoms with van der Waals surface area (Å²) in [4.78, 5) is 15.9. The van der Waals surface area contributed by atoms with Gasteiger partial charge in [-0.05, 0) is 24.3 Å². The second kappa shape index (κ2) is 7.01. The Morgan fingerprint density at radius 3 is 2.58 bits per heavy atom. The lowest BCUT2D eigenvalue weighted by molar-refractivity contribution is 0.0597. The maximum absolute atomic E-state index is 12.8. The fourth-order valence-electron chi connectivity index (χ4n) is 2.54. The number of fused-ring (bicyclic) bond motifs is 1. The number of methoxy groups -OCH3 is 2. The zero-order valence-electron chi connectivity index (χ0n) is 14.1. The van der Waals surface area contributed by atoms with Crippen molar-refractivity contribution in [3.63, 3.8) is 0 Å². The van der Waals surface area contributed by atoms with E-state index < -0.39 is 16.0 Å². The summed E-state index contributed by atoms with van der Waals surface area (Å²) in [5.41, 5.74) is 0.827. The van der Waals surface area contributed by atoms with Gasteiger partial charge in [0, 0.05) is 17.6 Å². The molecular weight excluding hydrogens is 356 g/mol. The van der Waals surface area contributed by atoms with E-state index in [9.17, 15) is 13.2 Å². The number of esters is 1. The first-order valence-electron chi connectivity index (χ1n) is 7.59. The molecule has 1 N–H and O–H groups in total. The Labute approximate surface area is 150 Å². The fourth-order valence-corrected chi connectivity index (χ4v) is 3.77. The number of para-hydroxylation sites is 1. The maximum Gasteiger partial charge on any atom is 0.341 e. The van der Waals surface area contributed by atoms with Gasteiger partial charge in [0.2, 0.25) is 0 Å². The fraction of sp³-hybridized carbons (Fsp3) is 0.111. The molecule has 0 saturated carbocycles. The molecule has 0 saturated heterocycles. The number of nitrogens with zero attached hydrogens (tertiary/aromatic N) is 1. The highest BCUT2D eigenvalue weighted by atomic mass is 32.2. The lowest BCUT2D eigenvalue weighted by Gasteiger charge is -2.12. The van der Waals surface area contributed by atoms with Gasteiger partial charge in [-0.1, -0.05) is 18.2 Å². The van der Waals surface area contributed by atoms with Crippen molar-refractivity contribution in [3.8, 4) is 5.75 Å². The number of carbonyl (C=O) groups is 1. The number of anilines is 1. The third kappa shape index (κ3) is 3.31. The van der Waals surface area contributed by atoms with Crippen molar-refractivity contribution >= 4 is 32.6 Å². The van der Waals surface area contributed by atoms with Gasteiger partial charge in [-0.3, -0.25) is 9.71 Å². The van der Waals surface area contributed by atoms with Gasteiger partial charge < -0.3 is 9.47 Å². The highest BCUT2D eigenvalue weighted by Crippen LogP contribution is 2.27. The van der Waals surface area contributed by atoms with Crippen LogP contribution in [0.25, 0.3) is 10.9 Å². The summed E-state index contributed by atoms with van der Waals surface area (Å²) in [7, 11) is -1.25. The minimum atomic E-state index is -3.89. The van der Waals surface area contributed by atoms with Gasteiger partial charge in [0.1, 0.15) is 16.2 Å². The number of pyridine rings is 1. The molecule has 7 nitrogen and oxygen atoms in total. The number of benzene rings is 2. The first-order valence-corrected chi connectivity index (χ1v) is 9.07. The van der Waals surface area contributed by atoms with Crippen molar-refractivity contribution in [3.05, 3.63) is 60.3 Å². The molecule has 0 unspecified atom stereocenters. The largest absolute Gasteiger partial charge is 0.496 e. The molecule has 0 spiro atoms. The summed E-state index contributed by atoms with van der Waals surface area (Å²) in [6.45, 7) is 0. The molecule has 26 heavy (non-hydrogen) atoms. The Bertz CT molecular complexity index is 1070. The second-order valence-corrected chi connectivity index (χ2v) is 6.99. The van der Waals surface area contributed by atoms with Gasteiger partial charge in [-0.25, -0.2) is 13.2 Å². The van der Waals surface area contributed by atoms with Crippen LogP contribution >= 0.6 is 0 Å². The molecule has 0 fully saturated rings. The van der Waals surface area contributed by atoms with Crippen LogP contribution in [0.4, 0.5) is 5.69 Å². The van der Waals surface area contributed by atoms with Crippen LogP contribution in [0.5, 0.6) is 5.75 Å². The molecule has 2 aromatic carbocycles. The monoisotopic (exact) mass is 372 g/mol. The van der Waals surface area contributed by atoms with E-state index in [0.29, 0.717) is 10.9 Å². The van der Waals surface area contributed by atoms with Crippen LogP contribution in [0.15, 0.2) is 59.6 Å². The van der Waals surface area contributed by atoms with Crippen LogP contribution in [0.2, 0.25) is 0 Å². The Kier molecular flexibility index (Phi) is 4.77. The molecule has 8 heteroatoms. The lowest BCUT2D eigenvalue weighted by Crippen LogP contribution is -2.14. The molecule has 0 aliphatic carbocycles. The van der Waals surface area contributed by atoms with Crippen LogP contribution < -0.4 is 9.46 Å². The highest BCUT2D eigenvalue weighted by Gasteiger charge is 2.20. The Morgan fingerprint density at radius 1 is 1.08 bits per heavy atom. The van der Waals surface area contributed by atoms with Gasteiger partial charge in [-0.15, -0.1) is 0 Å². The molecule has 0 radical (unpaired) electrons. The topological polar surface area (TPSA) is 94.6 Å². The summed E-state index contributed by atoms with van der Waals surface area (Å²) in [6, 6.07) is 12.8. The van der Waals surface area contributed by atoms with E-state index in [0.717, 1.165) is 0 Å². The SMILES string of the molecule is COC(=O)c1ccc(NS(=O)(=O)c2cccc3cccnc23)cc1OC. The van der Waals surface area contributed by atoms with Crippen LogP contribution in [0.1, 0.15) is 10.4 Å². The van der Waals surface area contributed by atoms with Crippen molar-refractivity contribution in [2.45, 2.75) is 4.90 Å². The molecule has 134 valence electrons. The zero-order chi connectivity index (χ0) is 18.7. The van der Waals surface area contributed by atoms with Crippen LogP contribution in [-0.2, 0) is 14.8 Å². The molecule has 0 aliphatic rings. The molecule has 1 heterocycles. The van der Waals surface area contributed by atoms with Crippen molar-refractivity contribution in [1.82, 2.24) is 4.98 Å². The third-order valence-corrected chi connectivity index (χ3v) is 5.16. The molecule has 1 aromatic heterocycles. The second-order valence-electron chi connectivity index (χ2n) is 5.34. The van der Waals surface area contributed by atoms with Crippen molar-refractivity contribution in [1.29, 1.82) is 0 Å². The maximum atomic E-state index is 12.8. The number of hydrogen-bond acceptors (Lipinski definition) is 6. The first kappa shape index (κ1) is 17.7. The minimum Gasteiger partial charge on any atom is -0.496 e. The number of hydrogen-bond donors (Lipinski definition) is 1. The van der Waals surface area contributed by atoms with Crippen LogP contribution in [0.3, 0.4) is 0 Å². The Hall–Kier alpha value is -3.13. The van der Waals surface area contributed by atoms with Crippen LogP contribution in [0, 0.1) is 0 Å². The van der Waals surface area contributed by atoms with E-state index in [-0.39, 0.29) is 21.9 Å². The highest BCUT2D eigenvalue weighted by molar-refractivity contribution is 7.93. The molecule has 0 amide bonds. The average Bonchev–Trinajstić information content (AvgIpc) is 2.66. The predicted octanol–water partition coefficient (Wildman–Crippen LogP) is 2.83. The summed E-state index contributed by atoms with van der Waals surface area (Å²) in [5, 5.41) is 0.717. The normalized spacial score (nSPS) is 11.2. The number of nitrogens with one attached hydrogen (secondary N) is 1. The van der Waals surface area contributed by atoms with Crippen molar-refractivity contribution < 1.29 is 22.7 Å². The molecular formula is C18H16N2O5S. The summed E-state index contributed by atoms with van der Waals surface area (Å²) >= 11 is 0. The standard InChI is InChI=1S/C18H16N2O5S/c1-24-15-11-13(8-9-14(15)18(21)25-2)20-26(22,23)16-7-3-5-12-6-4-10-19-17(12)16/h3-11,20H,1-2H3. The number of sulfonamides is 1. The number of rotatable bonds is 5. The number of carbonyl (C=O) groups excluding carboxylic acids is 1. The van der Waals surface area contributed by atoms with Gasteiger partial charge in [0.15, 0.2) is 0 Å². The lowest BCUT2D eigenvalue weighted by atomic mass is 10.2. The van der Waals surface area contributed by atoms with E-state index in [1.165, 1.54) is 44.7 Å². The van der Waals surface area contributed by atoms with Crippen LogP contribution in [-0.4, -0.2) is 33.6 Å². The van der Waals surface area contributed by atoms with E-state index >= 15 is 0 Å². The van der Waals surface area contributed by atoms with Gasteiger partial charge >= 0.3 is 5.97 Å². The molecule has 3 rings (SSSR count). The van der Waals surface area contributed by atoms with Crippen molar-refractivity contribution in [2.24, 2.45) is 0 Å². The number of ether oxygens (including phenoxy) is 2. The van der Waals surface area contributed by atoms with E-state index in [2.05, 4.69) is 14.4 Å². The molecule has 3 aromatic rings. The number of aromatic nitrogens is 1. The molecule has 0 aliphatic heterocycles. The van der Waals surface area contributed by atoms with E-state index in [1.807, 2.05) is 0 Å². The minimum absolute atomic E-state index is 0.0617. The predicted molar refractivity (Wildman–Crippen MR) is 96.9 cm³/mol. The van der Waals surface area contributed by atoms with Crippen molar-refractivity contribution in [2.75, 3.05) is 18.9 Å². The summed E-state index contributed by atoms with van der Waals surface area (Å²) in [5.74, 6) is -0.373. The Balaban J connectivity index is 2.01. The smallest absolute Gasteiger partial charge is 0.341 e. The van der Waals surface area contributed by atoms with Gasteiger partial charge in [0.05, 0.1) is 25.4 Å². The van der Waals surface area contributed by atoms with E-state index in [4.69, 9.17) is 4.74 Å². The third-order valence-electron chi connectivity index (χ3n) is 3.74. The first-order chi connectivity index (χ1) is 12.5. The molecule has 0 atom stereocenters. The zero-order valence-corrected chi connectivity index (χ0v) is 14.9. The molecule has 0 bridgehead atoms. The summed E-state index contributed by atoms with van der Waals surface area (Å²) < 4.78 is 37.9. The summed E-state index contributed by atoms with van der Waals surface area (Å²) in [6.07, 6.45) is 1.54. The Morgan fingerprint density at radius 2 is 1.85 bits per heavy atom. The van der Waals surface area contributed by atoms with E-state index in [1.54, 1.807) is 24.3 Å². The average molecular weight is 372 g/mol.